The van der Waals surface area contributed by atoms with Gasteiger partial charge in [-0.3, -0.25) is 4.79 Å². The first kappa shape index (κ1) is 14.5. The van der Waals surface area contributed by atoms with Crippen LogP contribution in [0.2, 0.25) is 10.3 Å². The van der Waals surface area contributed by atoms with Gasteiger partial charge in [0.1, 0.15) is 5.60 Å². The van der Waals surface area contributed by atoms with Crippen LogP contribution in [0.1, 0.15) is 23.7 Å². The van der Waals surface area contributed by atoms with Gasteiger partial charge in [-0.25, -0.2) is 0 Å². The van der Waals surface area contributed by atoms with Crippen molar-refractivity contribution < 1.29 is 14.6 Å². The molecule has 1 saturated heterocycles. The quantitative estimate of drug-likeness (QED) is 0.872. The van der Waals surface area contributed by atoms with E-state index in [0.717, 1.165) is 0 Å². The number of ether oxygens (including phenoxy) is 1. The number of hydrogen-bond acceptors (Lipinski definition) is 5. The Morgan fingerprint density at radius 1 is 1.63 bits per heavy atom. The van der Waals surface area contributed by atoms with E-state index in [1.807, 2.05) is 0 Å². The van der Waals surface area contributed by atoms with Crippen molar-refractivity contribution in [2.45, 2.75) is 25.0 Å². The van der Waals surface area contributed by atoms with E-state index < -0.39 is 11.5 Å². The maximum absolute atomic E-state index is 11.9. The minimum absolute atomic E-state index is 0.0374. The average molecular weight is 306 g/mol. The van der Waals surface area contributed by atoms with Crippen molar-refractivity contribution in [3.05, 3.63) is 21.9 Å². The van der Waals surface area contributed by atoms with Crippen LogP contribution in [0.3, 0.4) is 0 Å². The average Bonchev–Trinajstić information content (AvgIpc) is 2.70. The fraction of sp³-hybridized carbons (Fsp3) is 0.545. The molecule has 1 aliphatic rings. The molecule has 0 aliphatic carbocycles. The summed E-state index contributed by atoms with van der Waals surface area (Å²) in [6.45, 7) is 2.30. The fourth-order valence-corrected chi connectivity index (χ4v) is 2.17. The summed E-state index contributed by atoms with van der Waals surface area (Å²) in [4.78, 5) is 11.9. The molecular formula is C11H13Cl2N3O3. The van der Waals surface area contributed by atoms with E-state index in [4.69, 9.17) is 27.9 Å². The normalized spacial score (nSPS) is 26.4. The predicted octanol–water partition coefficient (Wildman–Crippen LogP) is 1.05. The minimum atomic E-state index is -1.06. The molecule has 1 aromatic rings. The number of aliphatic hydroxyl groups is 1. The zero-order valence-electron chi connectivity index (χ0n) is 10.2. The molecule has 2 rings (SSSR count). The summed E-state index contributed by atoms with van der Waals surface area (Å²) < 4.78 is 5.28. The van der Waals surface area contributed by atoms with Gasteiger partial charge in [0.15, 0.2) is 10.3 Å². The van der Waals surface area contributed by atoms with Gasteiger partial charge in [-0.2, -0.15) is 0 Å². The summed E-state index contributed by atoms with van der Waals surface area (Å²) in [5.74, 6) is -0.464. The maximum atomic E-state index is 11.9. The van der Waals surface area contributed by atoms with Crippen LogP contribution >= 0.6 is 23.2 Å². The third-order valence-electron chi connectivity index (χ3n) is 3.18. The van der Waals surface area contributed by atoms with Gasteiger partial charge in [-0.15, -0.1) is 10.2 Å². The Balaban J connectivity index is 2.03. The Morgan fingerprint density at radius 3 is 3.00 bits per heavy atom. The van der Waals surface area contributed by atoms with Gasteiger partial charge in [-0.05, 0) is 13.0 Å². The summed E-state index contributed by atoms with van der Waals surface area (Å²) in [6, 6.07) is 1.32. The number of carbonyl (C=O) groups is 1. The summed E-state index contributed by atoms with van der Waals surface area (Å²) in [5.41, 5.74) is -0.941. The molecule has 1 aliphatic heterocycles. The second-order valence-corrected chi connectivity index (χ2v) is 5.17. The lowest BCUT2D eigenvalue weighted by atomic mass is 9.96. The zero-order valence-corrected chi connectivity index (χ0v) is 11.7. The first-order valence-corrected chi connectivity index (χ1v) is 6.49. The topological polar surface area (TPSA) is 84.3 Å². The van der Waals surface area contributed by atoms with Crippen LogP contribution in [0.15, 0.2) is 6.07 Å². The lowest BCUT2D eigenvalue weighted by molar-refractivity contribution is -0.0251. The first-order valence-electron chi connectivity index (χ1n) is 5.73. The Kier molecular flexibility index (Phi) is 4.25. The Labute approximate surface area is 120 Å². The molecule has 104 valence electrons. The minimum Gasteiger partial charge on any atom is -0.385 e. The second-order valence-electron chi connectivity index (χ2n) is 4.42. The van der Waals surface area contributed by atoms with Crippen LogP contribution in [0, 0.1) is 0 Å². The lowest BCUT2D eigenvalue weighted by Crippen LogP contribution is -2.47. The highest BCUT2D eigenvalue weighted by atomic mass is 35.5. The fourth-order valence-electron chi connectivity index (χ4n) is 1.84. The highest BCUT2D eigenvalue weighted by Crippen LogP contribution is 2.25. The number of carbonyl (C=O) groups excluding carboxylic acids is 1. The van der Waals surface area contributed by atoms with Gasteiger partial charge in [0, 0.05) is 19.6 Å². The van der Waals surface area contributed by atoms with Crippen molar-refractivity contribution in [1.82, 2.24) is 15.5 Å². The molecule has 0 bridgehead atoms. The van der Waals surface area contributed by atoms with E-state index in [0.29, 0.717) is 13.0 Å². The van der Waals surface area contributed by atoms with Crippen LogP contribution in [-0.2, 0) is 4.74 Å². The molecule has 1 aromatic heterocycles. The molecule has 2 unspecified atom stereocenters. The van der Waals surface area contributed by atoms with Gasteiger partial charge >= 0.3 is 0 Å². The second kappa shape index (κ2) is 5.58. The highest BCUT2D eigenvalue weighted by molar-refractivity contribution is 6.34. The lowest BCUT2D eigenvalue weighted by Gasteiger charge is -2.26. The van der Waals surface area contributed by atoms with E-state index >= 15 is 0 Å². The van der Waals surface area contributed by atoms with Crippen LogP contribution in [0.25, 0.3) is 0 Å². The highest BCUT2D eigenvalue weighted by Gasteiger charge is 2.39. The number of nitrogens with zero attached hydrogens (tertiary/aromatic N) is 2. The number of amides is 1. The van der Waals surface area contributed by atoms with Gasteiger partial charge in [0.25, 0.3) is 5.91 Å². The van der Waals surface area contributed by atoms with Crippen LogP contribution < -0.4 is 5.32 Å². The monoisotopic (exact) mass is 305 g/mol. The van der Waals surface area contributed by atoms with Crippen molar-refractivity contribution in [1.29, 1.82) is 0 Å². The number of halogens is 2. The SMILES string of the molecule is CC1OCCC1(O)CNC(=O)c1cc(Cl)nnc1Cl. The van der Waals surface area contributed by atoms with Gasteiger partial charge in [0.2, 0.25) is 0 Å². The molecule has 2 atom stereocenters. The Morgan fingerprint density at radius 2 is 2.37 bits per heavy atom. The van der Waals surface area contributed by atoms with E-state index in [-0.39, 0.29) is 28.5 Å². The smallest absolute Gasteiger partial charge is 0.254 e. The molecule has 2 heterocycles. The molecule has 0 saturated carbocycles. The summed E-state index contributed by atoms with van der Waals surface area (Å²) in [7, 11) is 0. The molecule has 19 heavy (non-hydrogen) atoms. The number of nitrogens with one attached hydrogen (secondary N) is 1. The van der Waals surface area contributed by atoms with E-state index in [1.165, 1.54) is 6.07 Å². The first-order chi connectivity index (χ1) is 8.92. The number of rotatable bonds is 3. The molecule has 0 radical (unpaired) electrons. The largest absolute Gasteiger partial charge is 0.385 e. The summed E-state index contributed by atoms with van der Waals surface area (Å²) in [5, 5.41) is 20.0. The van der Waals surface area contributed by atoms with Crippen molar-refractivity contribution in [3.63, 3.8) is 0 Å². The molecule has 2 N–H and O–H groups in total. The van der Waals surface area contributed by atoms with Crippen LogP contribution in [0.4, 0.5) is 0 Å². The number of hydrogen-bond donors (Lipinski definition) is 2. The number of aromatic nitrogens is 2. The third-order valence-corrected chi connectivity index (χ3v) is 3.64. The zero-order chi connectivity index (χ0) is 14.0. The van der Waals surface area contributed by atoms with E-state index in [9.17, 15) is 9.90 Å². The van der Waals surface area contributed by atoms with E-state index in [2.05, 4.69) is 15.5 Å². The van der Waals surface area contributed by atoms with Gasteiger partial charge in [0.05, 0.1) is 11.7 Å². The van der Waals surface area contributed by atoms with Crippen LogP contribution in [-0.4, -0.2) is 46.1 Å². The summed E-state index contributed by atoms with van der Waals surface area (Å²) in [6.07, 6.45) is 0.139. The molecule has 6 nitrogen and oxygen atoms in total. The molecule has 1 fully saturated rings. The Bertz CT molecular complexity index is 500. The van der Waals surface area contributed by atoms with E-state index in [1.54, 1.807) is 6.92 Å². The molecule has 0 aromatic carbocycles. The van der Waals surface area contributed by atoms with Crippen LogP contribution in [0.5, 0.6) is 0 Å². The van der Waals surface area contributed by atoms with Crippen molar-refractivity contribution >= 4 is 29.1 Å². The molecule has 8 heteroatoms. The molecule has 1 amide bonds. The van der Waals surface area contributed by atoms with Crippen molar-refractivity contribution in [2.24, 2.45) is 0 Å². The molecular weight excluding hydrogens is 293 g/mol. The third kappa shape index (κ3) is 3.14. The van der Waals surface area contributed by atoms with Gasteiger partial charge in [-0.1, -0.05) is 23.2 Å². The van der Waals surface area contributed by atoms with Crippen molar-refractivity contribution in [3.8, 4) is 0 Å². The summed E-state index contributed by atoms with van der Waals surface area (Å²) >= 11 is 11.4. The standard InChI is InChI=1S/C11H13Cl2N3O3/c1-6-11(18,2-3-19-6)5-14-10(17)7-4-8(12)15-16-9(7)13/h4,6,18H,2-3,5H2,1H3,(H,14,17). The predicted molar refractivity (Wildman–Crippen MR) is 69.4 cm³/mol. The molecule has 0 spiro atoms. The van der Waals surface area contributed by atoms with Crippen molar-refractivity contribution in [2.75, 3.05) is 13.2 Å². The maximum Gasteiger partial charge on any atom is 0.254 e. The van der Waals surface area contributed by atoms with Gasteiger partial charge < -0.3 is 15.2 Å². The Hall–Kier alpha value is -0.950.